The molecular weight excluding hydrogens is 806 g/mol. The van der Waals surface area contributed by atoms with Crippen LogP contribution in [0.1, 0.15) is 54.4 Å². The van der Waals surface area contributed by atoms with Crippen LogP contribution >= 0.6 is 11.6 Å². The summed E-state index contributed by atoms with van der Waals surface area (Å²) in [5.41, 5.74) is 5.70. The molecule has 2 aromatic heterocycles. The Kier molecular flexibility index (Phi) is 11.2. The zero-order valence-electron chi connectivity index (χ0n) is 33.2. The number of fused-ring (bicyclic) bond motifs is 2. The van der Waals surface area contributed by atoms with E-state index in [1.807, 2.05) is 24.3 Å². The number of pyridine rings is 1. The standard InChI is InChI=1S/C44H50ClN7O7S/c45-32-3-1-31(2-4-32)44-13-9-34(53)24-43(44,27-44)28-51-15-17-52(18-16-51)33-5-7-37(40(22-33)59-35-21-30-10-14-46-41(30)48-26-35)42(54)50-60(56,57)36-6-8-38(39(23-36)49-55)47-25-29-11-19-58-20-12-29/h1-8,10,14,21-23,26,29,34,47,49,53,55H,9,11-13,15-20,24-25,27-28H2,(H,46,48)(H,50,54). The molecule has 2 aliphatic heterocycles. The predicted octanol–water partition coefficient (Wildman–Crippen LogP) is 6.76. The van der Waals surface area contributed by atoms with Crippen LogP contribution < -0.4 is 25.2 Å². The Morgan fingerprint density at radius 3 is 2.57 bits per heavy atom. The molecular formula is C44H50ClN7O7S. The van der Waals surface area contributed by atoms with E-state index < -0.39 is 15.9 Å². The van der Waals surface area contributed by atoms with Crippen molar-refractivity contribution in [3.05, 3.63) is 101 Å². The number of aliphatic hydroxyl groups excluding tert-OH is 1. The van der Waals surface area contributed by atoms with E-state index in [0.29, 0.717) is 42.8 Å². The number of amides is 1. The van der Waals surface area contributed by atoms with Gasteiger partial charge in [0.1, 0.15) is 17.1 Å². The number of sulfonamides is 1. The minimum Gasteiger partial charge on any atom is -0.455 e. The van der Waals surface area contributed by atoms with Gasteiger partial charge in [0.2, 0.25) is 0 Å². The Hall–Kier alpha value is -4.90. The first-order valence-corrected chi connectivity index (χ1v) is 22.5. The van der Waals surface area contributed by atoms with Gasteiger partial charge in [-0.1, -0.05) is 23.7 Å². The molecule has 3 aromatic carbocycles. The van der Waals surface area contributed by atoms with E-state index in [-0.39, 0.29) is 38.8 Å². The fraction of sp³-hybridized carbons (Fsp3) is 0.409. The summed E-state index contributed by atoms with van der Waals surface area (Å²) in [6.07, 6.45) is 8.47. The molecule has 316 valence electrons. The zero-order valence-corrected chi connectivity index (χ0v) is 34.8. The Morgan fingerprint density at radius 2 is 1.78 bits per heavy atom. The quantitative estimate of drug-likeness (QED) is 0.0686. The van der Waals surface area contributed by atoms with Crippen molar-refractivity contribution < 1.29 is 33.0 Å². The Balaban J connectivity index is 0.914. The van der Waals surface area contributed by atoms with Gasteiger partial charge in [-0.15, -0.1) is 0 Å². The SMILES string of the molecule is O=C(NS(=O)(=O)c1ccc(NCC2CCOCC2)c(NO)c1)c1ccc(N2CCN(CC34CC(O)CCC3(c3ccc(Cl)cc3)C4)CC2)cc1Oc1cnc2[nH]ccc2c1. The average molecular weight is 856 g/mol. The van der Waals surface area contributed by atoms with E-state index in [1.54, 1.807) is 36.7 Å². The van der Waals surface area contributed by atoms with Crippen LogP contribution in [0.15, 0.2) is 90.1 Å². The van der Waals surface area contributed by atoms with E-state index in [0.717, 1.165) is 87.3 Å². The monoisotopic (exact) mass is 855 g/mol. The summed E-state index contributed by atoms with van der Waals surface area (Å²) in [4.78, 5) is 25.9. The van der Waals surface area contributed by atoms with Crippen LogP contribution in [0.4, 0.5) is 17.1 Å². The number of carbonyl (C=O) groups excluding carboxylic acids is 1. The summed E-state index contributed by atoms with van der Waals surface area (Å²) in [5.74, 6) is 0.0685. The smallest absolute Gasteiger partial charge is 0.268 e. The molecule has 0 radical (unpaired) electrons. The Bertz CT molecular complexity index is 2470. The summed E-state index contributed by atoms with van der Waals surface area (Å²) >= 11 is 6.24. The Morgan fingerprint density at radius 1 is 0.983 bits per heavy atom. The van der Waals surface area contributed by atoms with Gasteiger partial charge in [0.25, 0.3) is 15.9 Å². The van der Waals surface area contributed by atoms with Gasteiger partial charge in [0.15, 0.2) is 0 Å². The fourth-order valence-corrected chi connectivity index (χ4v) is 10.9. The third kappa shape index (κ3) is 8.14. The highest BCUT2D eigenvalue weighted by Crippen LogP contribution is 2.72. The molecule has 4 fully saturated rings. The lowest BCUT2D eigenvalue weighted by Gasteiger charge is -2.41. The van der Waals surface area contributed by atoms with Crippen molar-refractivity contribution in [1.82, 2.24) is 19.6 Å². The van der Waals surface area contributed by atoms with Gasteiger partial charge in [0, 0.05) is 86.3 Å². The van der Waals surface area contributed by atoms with Crippen LogP contribution in [0.25, 0.3) is 11.0 Å². The number of aromatic amines is 1. The molecule has 9 rings (SSSR count). The molecule has 2 aliphatic carbocycles. The van der Waals surface area contributed by atoms with Crippen LogP contribution in [0.5, 0.6) is 11.5 Å². The van der Waals surface area contributed by atoms with E-state index in [4.69, 9.17) is 21.1 Å². The average Bonchev–Trinajstić information content (AvgIpc) is 3.67. The van der Waals surface area contributed by atoms with Gasteiger partial charge in [-0.25, -0.2) is 18.1 Å². The molecule has 6 N–H and O–H groups in total. The number of ether oxygens (including phenoxy) is 2. The molecule has 14 nitrogen and oxygen atoms in total. The van der Waals surface area contributed by atoms with Gasteiger partial charge in [-0.2, -0.15) is 0 Å². The van der Waals surface area contributed by atoms with E-state index in [1.165, 1.54) is 17.7 Å². The third-order valence-corrected chi connectivity index (χ3v) is 14.7. The number of halogens is 1. The van der Waals surface area contributed by atoms with Crippen molar-refractivity contribution >= 4 is 55.6 Å². The van der Waals surface area contributed by atoms with Crippen molar-refractivity contribution in [2.45, 2.75) is 54.9 Å². The first-order valence-electron chi connectivity index (χ1n) is 20.6. The highest BCUT2D eigenvalue weighted by molar-refractivity contribution is 7.90. The number of rotatable bonds is 13. The normalized spacial score (nSPS) is 23.5. The summed E-state index contributed by atoms with van der Waals surface area (Å²) < 4.78 is 41.3. The molecule has 2 saturated carbocycles. The van der Waals surface area contributed by atoms with Crippen molar-refractivity contribution in [3.63, 3.8) is 0 Å². The number of piperazine rings is 1. The largest absolute Gasteiger partial charge is 0.455 e. The topological polar surface area (TPSA) is 181 Å². The molecule has 3 atom stereocenters. The summed E-state index contributed by atoms with van der Waals surface area (Å²) in [5, 5.41) is 25.5. The third-order valence-electron chi connectivity index (χ3n) is 13.1. The number of hydrogen-bond donors (Lipinski definition) is 6. The van der Waals surface area contributed by atoms with E-state index in [9.17, 15) is 23.5 Å². The summed E-state index contributed by atoms with van der Waals surface area (Å²) in [7, 11) is -4.39. The number of hydrogen-bond acceptors (Lipinski definition) is 12. The van der Waals surface area contributed by atoms with Gasteiger partial charge >= 0.3 is 0 Å². The molecule has 60 heavy (non-hydrogen) atoms. The maximum absolute atomic E-state index is 13.9. The second-order valence-electron chi connectivity index (χ2n) is 16.8. The van der Waals surface area contributed by atoms with Gasteiger partial charge in [0.05, 0.1) is 34.1 Å². The van der Waals surface area contributed by atoms with Crippen LogP contribution in [0.3, 0.4) is 0 Å². The van der Waals surface area contributed by atoms with Crippen LogP contribution in [-0.4, -0.2) is 98.1 Å². The van der Waals surface area contributed by atoms with Crippen LogP contribution in [-0.2, 0) is 20.2 Å². The maximum Gasteiger partial charge on any atom is 0.268 e. The number of benzene rings is 3. The summed E-state index contributed by atoms with van der Waals surface area (Å²) in [6.45, 7) is 6.01. The number of carbonyl (C=O) groups is 1. The van der Waals surface area contributed by atoms with Crippen molar-refractivity contribution in [3.8, 4) is 11.5 Å². The Labute approximate surface area is 354 Å². The van der Waals surface area contributed by atoms with Crippen LogP contribution in [0, 0.1) is 11.3 Å². The molecule has 0 spiro atoms. The lowest BCUT2D eigenvalue weighted by molar-refractivity contribution is 0.0658. The van der Waals surface area contributed by atoms with Crippen molar-refractivity contribution in [2.24, 2.45) is 11.3 Å². The number of aliphatic hydroxyl groups is 1. The maximum atomic E-state index is 13.9. The second kappa shape index (κ2) is 16.5. The first kappa shape index (κ1) is 40.5. The van der Waals surface area contributed by atoms with Crippen LogP contribution in [0.2, 0.25) is 5.02 Å². The molecule has 5 aromatic rings. The first-order chi connectivity index (χ1) is 29.0. The lowest BCUT2D eigenvalue weighted by atomic mass is 9.74. The number of aromatic nitrogens is 2. The molecule has 4 aliphatic rings. The molecule has 1 amide bonds. The van der Waals surface area contributed by atoms with Gasteiger partial charge < -0.3 is 29.8 Å². The van der Waals surface area contributed by atoms with Gasteiger partial charge in [-0.05, 0) is 110 Å². The van der Waals surface area contributed by atoms with E-state index in [2.05, 4.69) is 47.4 Å². The molecule has 0 bridgehead atoms. The minimum absolute atomic E-state index is 0.0193. The van der Waals surface area contributed by atoms with Crippen molar-refractivity contribution in [1.29, 1.82) is 0 Å². The number of anilines is 3. The second-order valence-corrected chi connectivity index (χ2v) is 18.9. The fourth-order valence-electron chi connectivity index (χ4n) is 9.77. The molecule has 4 heterocycles. The lowest BCUT2D eigenvalue weighted by Crippen LogP contribution is -2.49. The molecule has 3 unspecified atom stereocenters. The van der Waals surface area contributed by atoms with Gasteiger partial charge in [-0.3, -0.25) is 20.4 Å². The number of nitrogens with one attached hydrogen (secondary N) is 4. The minimum atomic E-state index is -4.39. The number of nitrogens with zero attached hydrogens (tertiary/aromatic N) is 3. The highest BCUT2D eigenvalue weighted by atomic mass is 35.5. The van der Waals surface area contributed by atoms with Crippen molar-refractivity contribution in [2.75, 3.05) is 68.2 Å². The molecule has 2 saturated heterocycles. The highest BCUT2D eigenvalue weighted by Gasteiger charge is 2.69. The summed E-state index contributed by atoms with van der Waals surface area (Å²) in [6, 6.07) is 21.3. The number of H-pyrrole nitrogens is 1. The van der Waals surface area contributed by atoms with E-state index >= 15 is 0 Å². The zero-order chi connectivity index (χ0) is 41.5. The predicted molar refractivity (Wildman–Crippen MR) is 230 cm³/mol. The molecule has 16 heteroatoms.